The zero-order valence-corrected chi connectivity index (χ0v) is 10.6. The molecule has 2 N–H and O–H groups in total. The molecule has 0 aliphatic rings. The van der Waals surface area contributed by atoms with Crippen LogP contribution < -0.4 is 5.73 Å². The molecule has 0 aliphatic heterocycles. The Morgan fingerprint density at radius 2 is 2.05 bits per heavy atom. The van der Waals surface area contributed by atoms with Crippen LogP contribution in [-0.4, -0.2) is 4.98 Å². The van der Waals surface area contributed by atoms with Crippen molar-refractivity contribution in [1.29, 1.82) is 5.26 Å². The highest BCUT2D eigenvalue weighted by Gasteiger charge is 2.13. The standard InChI is InChI=1S/C16H11N3O/c17-8-13(11-4-3-7-19-9-11)16(18)14-10-20-15-6-2-1-5-12(14)15/h1-7,9-10H,18H2/b16-13-. The van der Waals surface area contributed by atoms with Gasteiger partial charge in [-0.1, -0.05) is 24.3 Å². The van der Waals surface area contributed by atoms with Crippen LogP contribution in [0.3, 0.4) is 0 Å². The number of nitriles is 1. The minimum absolute atomic E-state index is 0.393. The summed E-state index contributed by atoms with van der Waals surface area (Å²) in [4.78, 5) is 4.02. The maximum Gasteiger partial charge on any atom is 0.134 e. The van der Waals surface area contributed by atoms with Crippen LogP contribution in [0.2, 0.25) is 0 Å². The fraction of sp³-hybridized carbons (Fsp3) is 0. The van der Waals surface area contributed by atoms with Crippen molar-refractivity contribution in [3.8, 4) is 6.07 Å². The summed E-state index contributed by atoms with van der Waals surface area (Å²) in [5.74, 6) is 0. The van der Waals surface area contributed by atoms with E-state index in [0.29, 0.717) is 16.8 Å². The third kappa shape index (κ3) is 1.91. The lowest BCUT2D eigenvalue weighted by molar-refractivity contribution is 0.614. The van der Waals surface area contributed by atoms with Gasteiger partial charge in [-0.25, -0.2) is 0 Å². The number of hydrogen-bond donors (Lipinski definition) is 1. The quantitative estimate of drug-likeness (QED) is 0.719. The molecule has 0 fully saturated rings. The first-order valence-electron chi connectivity index (χ1n) is 6.08. The Balaban J connectivity index is 2.22. The topological polar surface area (TPSA) is 75.8 Å². The Morgan fingerprint density at radius 3 is 2.80 bits per heavy atom. The summed E-state index contributed by atoms with van der Waals surface area (Å²) in [6, 6.07) is 13.3. The summed E-state index contributed by atoms with van der Waals surface area (Å²) in [5, 5.41) is 10.3. The predicted octanol–water partition coefficient (Wildman–Crippen LogP) is 3.18. The van der Waals surface area contributed by atoms with E-state index >= 15 is 0 Å². The van der Waals surface area contributed by atoms with Gasteiger partial charge in [0.2, 0.25) is 0 Å². The lowest BCUT2D eigenvalue weighted by Gasteiger charge is -2.04. The molecule has 20 heavy (non-hydrogen) atoms. The van der Waals surface area contributed by atoms with Crippen LogP contribution in [0.15, 0.2) is 59.5 Å². The second kappa shape index (κ2) is 4.90. The van der Waals surface area contributed by atoms with Crippen LogP contribution >= 0.6 is 0 Å². The number of hydrogen-bond acceptors (Lipinski definition) is 4. The maximum absolute atomic E-state index is 9.37. The van der Waals surface area contributed by atoms with Gasteiger partial charge in [0.15, 0.2) is 0 Å². The highest BCUT2D eigenvalue weighted by atomic mass is 16.3. The molecule has 0 bridgehead atoms. The van der Waals surface area contributed by atoms with E-state index in [2.05, 4.69) is 11.1 Å². The van der Waals surface area contributed by atoms with Gasteiger partial charge in [0, 0.05) is 28.9 Å². The van der Waals surface area contributed by atoms with Gasteiger partial charge in [-0.15, -0.1) is 0 Å². The Morgan fingerprint density at radius 1 is 1.20 bits per heavy atom. The molecular formula is C16H11N3O. The number of pyridine rings is 1. The summed E-state index contributed by atoms with van der Waals surface area (Å²) in [5.41, 5.74) is 9.11. The van der Waals surface area contributed by atoms with E-state index in [1.807, 2.05) is 24.3 Å². The van der Waals surface area contributed by atoms with Crippen molar-refractivity contribution in [3.05, 3.63) is 66.2 Å². The normalized spacial score (nSPS) is 11.9. The third-order valence-electron chi connectivity index (χ3n) is 3.10. The molecule has 0 unspecified atom stereocenters. The fourth-order valence-electron chi connectivity index (χ4n) is 2.11. The molecule has 0 radical (unpaired) electrons. The molecule has 4 nitrogen and oxygen atoms in total. The number of allylic oxidation sites excluding steroid dienone is 1. The lowest BCUT2D eigenvalue weighted by atomic mass is 10.0. The monoisotopic (exact) mass is 261 g/mol. The first kappa shape index (κ1) is 12.0. The van der Waals surface area contributed by atoms with Crippen LogP contribution in [0.4, 0.5) is 0 Å². The molecule has 4 heteroatoms. The van der Waals surface area contributed by atoms with Crippen molar-refractivity contribution < 1.29 is 4.42 Å². The molecule has 1 aromatic carbocycles. The van der Waals surface area contributed by atoms with Crippen molar-refractivity contribution in [2.24, 2.45) is 5.73 Å². The summed E-state index contributed by atoms with van der Waals surface area (Å²) in [6.07, 6.45) is 4.85. The number of para-hydroxylation sites is 1. The van der Waals surface area contributed by atoms with Crippen molar-refractivity contribution >= 4 is 22.2 Å². The van der Waals surface area contributed by atoms with Gasteiger partial charge in [0.05, 0.1) is 11.3 Å². The second-order valence-corrected chi connectivity index (χ2v) is 4.29. The summed E-state index contributed by atoms with van der Waals surface area (Å²) in [7, 11) is 0. The zero-order valence-electron chi connectivity index (χ0n) is 10.6. The van der Waals surface area contributed by atoms with Gasteiger partial charge < -0.3 is 10.2 Å². The molecule has 2 aromatic heterocycles. The molecule has 3 rings (SSSR count). The van der Waals surface area contributed by atoms with Crippen LogP contribution in [0, 0.1) is 11.3 Å². The molecule has 0 amide bonds. The zero-order chi connectivity index (χ0) is 13.9. The van der Waals surface area contributed by atoms with Crippen molar-refractivity contribution in [2.75, 3.05) is 0 Å². The largest absolute Gasteiger partial charge is 0.464 e. The average Bonchev–Trinajstić information content (AvgIpc) is 2.93. The maximum atomic E-state index is 9.37. The van der Waals surface area contributed by atoms with E-state index in [4.69, 9.17) is 10.2 Å². The molecule has 3 aromatic rings. The number of nitrogens with zero attached hydrogens (tertiary/aromatic N) is 2. The first-order valence-corrected chi connectivity index (χ1v) is 6.08. The second-order valence-electron chi connectivity index (χ2n) is 4.29. The Kier molecular flexibility index (Phi) is 2.94. The number of nitrogens with two attached hydrogens (primary N) is 1. The predicted molar refractivity (Wildman–Crippen MR) is 77.1 cm³/mol. The van der Waals surface area contributed by atoms with Crippen molar-refractivity contribution in [1.82, 2.24) is 4.98 Å². The van der Waals surface area contributed by atoms with Crippen LogP contribution in [0.1, 0.15) is 11.1 Å². The molecule has 0 saturated heterocycles. The van der Waals surface area contributed by atoms with E-state index in [0.717, 1.165) is 16.5 Å². The highest BCUT2D eigenvalue weighted by molar-refractivity contribution is 6.02. The average molecular weight is 261 g/mol. The van der Waals surface area contributed by atoms with Gasteiger partial charge in [0.25, 0.3) is 0 Å². The fourth-order valence-corrected chi connectivity index (χ4v) is 2.11. The summed E-state index contributed by atoms with van der Waals surface area (Å²) < 4.78 is 5.46. The van der Waals surface area contributed by atoms with E-state index in [1.54, 1.807) is 30.8 Å². The smallest absolute Gasteiger partial charge is 0.134 e. The van der Waals surface area contributed by atoms with Gasteiger partial charge in [0.1, 0.15) is 17.9 Å². The SMILES string of the molecule is N#C/C(=C(/N)c1coc2ccccc12)c1cccnc1. The van der Waals surface area contributed by atoms with Crippen molar-refractivity contribution in [3.63, 3.8) is 0 Å². The highest BCUT2D eigenvalue weighted by Crippen LogP contribution is 2.29. The van der Waals surface area contributed by atoms with Crippen molar-refractivity contribution in [2.45, 2.75) is 0 Å². The van der Waals surface area contributed by atoms with Crippen LogP contribution in [0.25, 0.3) is 22.2 Å². The number of benzene rings is 1. The summed E-state index contributed by atoms with van der Waals surface area (Å²) >= 11 is 0. The lowest BCUT2D eigenvalue weighted by Crippen LogP contribution is -2.00. The molecule has 0 aliphatic carbocycles. The van der Waals surface area contributed by atoms with E-state index in [9.17, 15) is 5.26 Å². The van der Waals surface area contributed by atoms with E-state index in [-0.39, 0.29) is 0 Å². The third-order valence-corrected chi connectivity index (χ3v) is 3.10. The molecule has 96 valence electrons. The van der Waals surface area contributed by atoms with Gasteiger partial charge in [-0.2, -0.15) is 5.26 Å². The minimum Gasteiger partial charge on any atom is -0.464 e. The van der Waals surface area contributed by atoms with Crippen LogP contribution in [0.5, 0.6) is 0 Å². The Bertz CT molecular complexity index is 826. The van der Waals surface area contributed by atoms with Crippen LogP contribution in [-0.2, 0) is 0 Å². The first-order chi connectivity index (χ1) is 9.81. The van der Waals surface area contributed by atoms with E-state index in [1.165, 1.54) is 0 Å². The number of rotatable bonds is 2. The minimum atomic E-state index is 0.393. The number of fused-ring (bicyclic) bond motifs is 1. The Hall–Kier alpha value is -3.06. The van der Waals surface area contributed by atoms with Gasteiger partial charge in [-0.3, -0.25) is 4.98 Å². The number of furan rings is 1. The Labute approximate surface area is 115 Å². The van der Waals surface area contributed by atoms with Gasteiger partial charge in [-0.05, 0) is 12.1 Å². The molecular weight excluding hydrogens is 250 g/mol. The molecule has 0 saturated carbocycles. The van der Waals surface area contributed by atoms with Gasteiger partial charge >= 0.3 is 0 Å². The molecule has 0 spiro atoms. The number of aromatic nitrogens is 1. The molecule has 2 heterocycles. The van der Waals surface area contributed by atoms with E-state index < -0.39 is 0 Å². The summed E-state index contributed by atoms with van der Waals surface area (Å²) in [6.45, 7) is 0. The molecule has 0 atom stereocenters.